The molecule has 3 heterocycles. The molecule has 3 nitrogen and oxygen atoms in total. The van der Waals surface area contributed by atoms with Gasteiger partial charge in [-0.25, -0.2) is 0 Å². The minimum atomic E-state index is 0.875. The summed E-state index contributed by atoms with van der Waals surface area (Å²) in [7, 11) is 0. The van der Waals surface area contributed by atoms with Crippen LogP contribution < -0.4 is 0 Å². The van der Waals surface area contributed by atoms with Crippen molar-refractivity contribution >= 4 is 65.6 Å². The maximum atomic E-state index is 7.08. The number of fused-ring (bicyclic) bond motifs is 12. The van der Waals surface area contributed by atoms with Crippen molar-refractivity contribution in [3.8, 4) is 11.4 Å². The summed E-state index contributed by atoms with van der Waals surface area (Å²) < 4.78 is 11.7. The molecule has 9 aromatic rings. The monoisotopic (exact) mass is 498 g/mol. The van der Waals surface area contributed by atoms with Gasteiger partial charge in [0.15, 0.2) is 5.58 Å². The first kappa shape index (κ1) is 20.7. The van der Waals surface area contributed by atoms with Crippen LogP contribution in [0.15, 0.2) is 138 Å². The summed E-state index contributed by atoms with van der Waals surface area (Å²) in [4.78, 5) is 0. The minimum Gasteiger partial charge on any atom is -0.437 e. The van der Waals surface area contributed by atoms with Crippen LogP contribution in [0.5, 0.6) is 0 Å². The Kier molecular flexibility index (Phi) is 4.05. The first-order valence-corrected chi connectivity index (χ1v) is 13.3. The van der Waals surface area contributed by atoms with E-state index in [9.17, 15) is 0 Å². The number of hydrogen-bond donors (Lipinski definition) is 0. The maximum Gasteiger partial charge on any atom is 0.213 e. The number of furan rings is 1. The van der Waals surface area contributed by atoms with Crippen molar-refractivity contribution in [2.45, 2.75) is 0 Å². The maximum absolute atomic E-state index is 7.08. The van der Waals surface area contributed by atoms with E-state index in [2.05, 4.69) is 143 Å². The molecule has 3 aromatic heterocycles. The predicted molar refractivity (Wildman–Crippen MR) is 162 cm³/mol. The second-order valence-corrected chi connectivity index (χ2v) is 10.1. The zero-order valence-electron chi connectivity index (χ0n) is 21.0. The van der Waals surface area contributed by atoms with Gasteiger partial charge in [-0.1, -0.05) is 97.1 Å². The van der Waals surface area contributed by atoms with Crippen molar-refractivity contribution < 1.29 is 4.42 Å². The largest absolute Gasteiger partial charge is 0.437 e. The first-order valence-electron chi connectivity index (χ1n) is 13.3. The highest BCUT2D eigenvalue weighted by atomic mass is 16.3. The second kappa shape index (κ2) is 7.62. The Morgan fingerprint density at radius 1 is 0.385 bits per heavy atom. The van der Waals surface area contributed by atoms with Crippen LogP contribution in [-0.2, 0) is 0 Å². The molecule has 39 heavy (non-hydrogen) atoms. The van der Waals surface area contributed by atoms with Gasteiger partial charge in [-0.15, -0.1) is 0 Å². The summed E-state index contributed by atoms with van der Waals surface area (Å²) in [5.41, 5.74) is 7.43. The third-order valence-corrected chi connectivity index (χ3v) is 8.09. The van der Waals surface area contributed by atoms with Gasteiger partial charge in [0, 0.05) is 32.9 Å². The third kappa shape index (κ3) is 2.66. The summed E-state index contributed by atoms with van der Waals surface area (Å²) in [5, 5.41) is 8.43. The van der Waals surface area contributed by atoms with E-state index < -0.39 is 0 Å². The second-order valence-electron chi connectivity index (χ2n) is 10.1. The highest BCUT2D eigenvalue weighted by Crippen LogP contribution is 2.48. The average Bonchev–Trinajstić information content (AvgIpc) is 3.65. The van der Waals surface area contributed by atoms with Crippen molar-refractivity contribution in [1.82, 2.24) is 9.13 Å². The van der Waals surface area contributed by atoms with E-state index in [1.54, 1.807) is 0 Å². The Balaban J connectivity index is 1.62. The van der Waals surface area contributed by atoms with Crippen LogP contribution in [0.3, 0.4) is 0 Å². The van der Waals surface area contributed by atoms with E-state index in [0.29, 0.717) is 0 Å². The van der Waals surface area contributed by atoms with Crippen molar-refractivity contribution in [1.29, 1.82) is 0 Å². The Hall–Kier alpha value is -5.28. The van der Waals surface area contributed by atoms with Crippen LogP contribution in [-0.4, -0.2) is 9.13 Å². The Morgan fingerprint density at radius 2 is 0.846 bits per heavy atom. The van der Waals surface area contributed by atoms with E-state index in [4.69, 9.17) is 4.42 Å². The molecule has 0 aliphatic heterocycles. The number of rotatable bonds is 2. The summed E-state index contributed by atoms with van der Waals surface area (Å²) in [6, 6.07) is 47.3. The molecule has 0 radical (unpaired) electrons. The lowest BCUT2D eigenvalue weighted by Crippen LogP contribution is -1.94. The minimum absolute atomic E-state index is 0.875. The Morgan fingerprint density at radius 3 is 1.49 bits per heavy atom. The molecule has 0 aliphatic rings. The number of hydrogen-bond acceptors (Lipinski definition) is 1. The van der Waals surface area contributed by atoms with Crippen molar-refractivity contribution in [2.24, 2.45) is 0 Å². The highest BCUT2D eigenvalue weighted by molar-refractivity contribution is 6.37. The molecule has 0 spiro atoms. The molecule has 0 fully saturated rings. The molecular formula is C36H22N2O. The molecule has 0 N–H and O–H groups in total. The zero-order chi connectivity index (χ0) is 25.5. The lowest BCUT2D eigenvalue weighted by molar-refractivity contribution is 0.647. The smallest absolute Gasteiger partial charge is 0.213 e. The molecule has 0 unspecified atom stereocenters. The van der Waals surface area contributed by atoms with Crippen LogP contribution in [0.1, 0.15) is 0 Å². The van der Waals surface area contributed by atoms with Crippen molar-refractivity contribution in [3.63, 3.8) is 0 Å². The van der Waals surface area contributed by atoms with E-state index in [-0.39, 0.29) is 0 Å². The molecular weight excluding hydrogens is 476 g/mol. The van der Waals surface area contributed by atoms with Crippen LogP contribution in [0.25, 0.3) is 76.9 Å². The fourth-order valence-corrected chi connectivity index (χ4v) is 6.57. The van der Waals surface area contributed by atoms with Gasteiger partial charge in [-0.2, -0.15) is 0 Å². The molecule has 0 saturated carbocycles. The normalized spacial score (nSPS) is 12.1. The number of para-hydroxylation sites is 4. The standard InChI is InChI=1S/C36H22N2O/c1-3-13-23(14-4-1)37-29-21-11-9-19-27(29)31-25-17-7-8-18-26(25)32-33-28-20-10-12-22-30(28)38(24-15-5-2-6-16-24)36(33)39-35(32)34(31)37/h1-22H. The van der Waals surface area contributed by atoms with Gasteiger partial charge in [0.1, 0.15) is 0 Å². The molecule has 9 rings (SSSR count). The molecule has 0 atom stereocenters. The Labute approximate surface area is 223 Å². The summed E-state index contributed by atoms with van der Waals surface area (Å²) in [6.07, 6.45) is 0. The Bertz CT molecular complexity index is 2370. The highest BCUT2D eigenvalue weighted by Gasteiger charge is 2.26. The van der Waals surface area contributed by atoms with Gasteiger partial charge in [0.25, 0.3) is 0 Å². The number of aromatic nitrogens is 2. The first-order chi connectivity index (χ1) is 19.4. The van der Waals surface area contributed by atoms with Gasteiger partial charge in [-0.05, 0) is 47.2 Å². The molecule has 0 saturated heterocycles. The van der Waals surface area contributed by atoms with E-state index in [0.717, 1.165) is 39.1 Å². The summed E-state index contributed by atoms with van der Waals surface area (Å²) >= 11 is 0. The third-order valence-electron chi connectivity index (χ3n) is 8.09. The van der Waals surface area contributed by atoms with Crippen LogP contribution >= 0.6 is 0 Å². The topological polar surface area (TPSA) is 23.0 Å². The zero-order valence-corrected chi connectivity index (χ0v) is 21.0. The van der Waals surface area contributed by atoms with E-state index >= 15 is 0 Å². The molecule has 182 valence electrons. The molecule has 0 aliphatic carbocycles. The van der Waals surface area contributed by atoms with Gasteiger partial charge in [0.05, 0.1) is 21.9 Å². The molecule has 3 heteroatoms. The number of nitrogens with zero attached hydrogens (tertiary/aromatic N) is 2. The molecule has 6 aromatic carbocycles. The van der Waals surface area contributed by atoms with E-state index in [1.807, 2.05) is 0 Å². The summed E-state index contributed by atoms with van der Waals surface area (Å²) in [6.45, 7) is 0. The van der Waals surface area contributed by atoms with Gasteiger partial charge in [-0.3, -0.25) is 4.57 Å². The van der Waals surface area contributed by atoms with Gasteiger partial charge >= 0.3 is 0 Å². The quantitative estimate of drug-likeness (QED) is 0.233. The van der Waals surface area contributed by atoms with Crippen molar-refractivity contribution in [2.75, 3.05) is 0 Å². The average molecular weight is 499 g/mol. The molecule has 0 bridgehead atoms. The lowest BCUT2D eigenvalue weighted by atomic mass is 9.98. The fourth-order valence-electron chi connectivity index (χ4n) is 6.57. The van der Waals surface area contributed by atoms with Crippen LogP contribution in [0.4, 0.5) is 0 Å². The molecule has 0 amide bonds. The van der Waals surface area contributed by atoms with Crippen LogP contribution in [0.2, 0.25) is 0 Å². The summed E-state index contributed by atoms with van der Waals surface area (Å²) in [5.74, 6) is 0. The SMILES string of the molecule is c1ccc(-n2c3ccccc3c3c4c5ccccc5c5c6ccccc6n(-c6ccccc6)c5c4oc32)cc1. The predicted octanol–water partition coefficient (Wildman–Crippen LogP) is 9.78. The van der Waals surface area contributed by atoms with Crippen LogP contribution in [0, 0.1) is 0 Å². The fraction of sp³-hybridized carbons (Fsp3) is 0. The lowest BCUT2D eigenvalue weighted by Gasteiger charge is -2.10. The van der Waals surface area contributed by atoms with E-state index in [1.165, 1.54) is 37.8 Å². The van der Waals surface area contributed by atoms with Gasteiger partial charge < -0.3 is 8.98 Å². The van der Waals surface area contributed by atoms with Crippen molar-refractivity contribution in [3.05, 3.63) is 133 Å². The van der Waals surface area contributed by atoms with Gasteiger partial charge in [0.2, 0.25) is 5.71 Å². The number of benzene rings is 6.